The normalized spacial score (nSPS) is 34.8. The molecule has 0 spiro atoms. The first-order valence-electron chi connectivity index (χ1n) is 11.3. The monoisotopic (exact) mass is 432 g/mol. The molecule has 4 atom stereocenters. The highest BCUT2D eigenvalue weighted by molar-refractivity contribution is 6.53. The summed E-state index contributed by atoms with van der Waals surface area (Å²) in [6.45, 7) is 4.84. The summed E-state index contributed by atoms with van der Waals surface area (Å²) in [4.78, 5) is 0. The zero-order valence-electron chi connectivity index (χ0n) is 17.4. The van der Waals surface area contributed by atoms with E-state index in [2.05, 4.69) is 0 Å². The van der Waals surface area contributed by atoms with E-state index >= 15 is 0 Å². The van der Waals surface area contributed by atoms with Crippen molar-refractivity contribution in [3.63, 3.8) is 0 Å². The molecule has 0 amide bonds. The van der Waals surface area contributed by atoms with Crippen molar-refractivity contribution in [2.45, 2.75) is 75.8 Å². The molecule has 4 aliphatic heterocycles. The molecule has 0 aromatic carbocycles. The second-order valence-electron chi connectivity index (χ2n) is 8.28. The van der Waals surface area contributed by atoms with Crippen LogP contribution in [0.1, 0.15) is 51.4 Å². The third-order valence-electron chi connectivity index (χ3n) is 5.88. The standard InChI is InChI=1S/C20H36O8Si/c1-5-17(21-9-1)13-25-29(26-14-18-6-2-10-22-18,27-15-19-7-3-11-23-19)28-16-20-8-4-12-24-20/h17-20H,1-16H2. The second kappa shape index (κ2) is 11.5. The molecule has 4 aliphatic rings. The lowest BCUT2D eigenvalue weighted by Crippen LogP contribution is -2.53. The van der Waals surface area contributed by atoms with Crippen LogP contribution in [-0.2, 0) is 36.7 Å². The Labute approximate surface area is 174 Å². The molecule has 0 aromatic rings. The van der Waals surface area contributed by atoms with Crippen molar-refractivity contribution in [3.8, 4) is 0 Å². The summed E-state index contributed by atoms with van der Waals surface area (Å²) in [6.07, 6.45) is 8.52. The van der Waals surface area contributed by atoms with Gasteiger partial charge in [0.2, 0.25) is 0 Å². The number of hydrogen-bond acceptors (Lipinski definition) is 8. The molecule has 4 fully saturated rings. The van der Waals surface area contributed by atoms with Gasteiger partial charge in [0.1, 0.15) is 0 Å². The van der Waals surface area contributed by atoms with Crippen LogP contribution in [0.3, 0.4) is 0 Å². The number of hydrogen-bond donors (Lipinski definition) is 0. The molecule has 0 aromatic heterocycles. The second-order valence-corrected chi connectivity index (χ2v) is 10.4. The van der Waals surface area contributed by atoms with E-state index in [1.807, 2.05) is 0 Å². The fourth-order valence-corrected chi connectivity index (χ4v) is 6.19. The van der Waals surface area contributed by atoms with Gasteiger partial charge in [0.05, 0.1) is 50.8 Å². The molecule has 8 nitrogen and oxygen atoms in total. The predicted octanol–water partition coefficient (Wildman–Crippen LogP) is 2.20. The zero-order chi connectivity index (χ0) is 19.8. The van der Waals surface area contributed by atoms with Crippen LogP contribution in [0.5, 0.6) is 0 Å². The Bertz CT molecular complexity index is 372. The van der Waals surface area contributed by atoms with E-state index in [1.165, 1.54) is 0 Å². The fourth-order valence-electron chi connectivity index (χ4n) is 4.13. The van der Waals surface area contributed by atoms with Crippen LogP contribution < -0.4 is 0 Å². The smallest absolute Gasteiger partial charge is 0.376 e. The Kier molecular flexibility index (Phi) is 8.76. The Morgan fingerprint density at radius 2 is 0.759 bits per heavy atom. The molecule has 9 heteroatoms. The molecule has 0 radical (unpaired) electrons. The maximum atomic E-state index is 6.27. The van der Waals surface area contributed by atoms with Crippen LogP contribution in [0.2, 0.25) is 0 Å². The first kappa shape index (κ1) is 22.1. The SMILES string of the molecule is C1COC(CO[Si](OCC2CCCO2)(OCC2CCCO2)OCC2CCCO2)C1. The van der Waals surface area contributed by atoms with E-state index in [4.69, 9.17) is 36.7 Å². The summed E-state index contributed by atoms with van der Waals surface area (Å²) in [5.41, 5.74) is 0. The van der Waals surface area contributed by atoms with Crippen LogP contribution in [0.15, 0.2) is 0 Å². The van der Waals surface area contributed by atoms with Gasteiger partial charge in [0.25, 0.3) is 0 Å². The van der Waals surface area contributed by atoms with Crippen molar-refractivity contribution in [2.75, 3.05) is 52.9 Å². The van der Waals surface area contributed by atoms with E-state index in [0.29, 0.717) is 26.4 Å². The van der Waals surface area contributed by atoms with Crippen molar-refractivity contribution in [3.05, 3.63) is 0 Å². The predicted molar refractivity (Wildman–Crippen MR) is 105 cm³/mol. The molecule has 4 heterocycles. The largest absolute Gasteiger partial charge is 0.680 e. The molecule has 4 rings (SSSR count). The Morgan fingerprint density at radius 3 is 0.966 bits per heavy atom. The van der Waals surface area contributed by atoms with Gasteiger partial charge in [-0.25, -0.2) is 0 Å². The lowest BCUT2D eigenvalue weighted by molar-refractivity contribution is -0.0910. The minimum absolute atomic E-state index is 0.0749. The number of ether oxygens (including phenoxy) is 4. The highest BCUT2D eigenvalue weighted by Crippen LogP contribution is 2.24. The third kappa shape index (κ3) is 6.95. The molecular formula is C20H36O8Si. The van der Waals surface area contributed by atoms with Gasteiger partial charge in [-0.2, -0.15) is 0 Å². The van der Waals surface area contributed by atoms with Gasteiger partial charge in [0.15, 0.2) is 0 Å². The van der Waals surface area contributed by atoms with Crippen molar-refractivity contribution in [1.29, 1.82) is 0 Å². The van der Waals surface area contributed by atoms with Crippen LogP contribution in [0.4, 0.5) is 0 Å². The third-order valence-corrected chi connectivity index (χ3v) is 7.96. The quantitative estimate of drug-likeness (QED) is 0.435. The lowest BCUT2D eigenvalue weighted by atomic mass is 10.2. The van der Waals surface area contributed by atoms with Gasteiger partial charge in [-0.15, -0.1) is 0 Å². The van der Waals surface area contributed by atoms with Crippen LogP contribution in [0, 0.1) is 0 Å². The Hall–Kier alpha value is -0.103. The van der Waals surface area contributed by atoms with Gasteiger partial charge in [-0.3, -0.25) is 0 Å². The summed E-state index contributed by atoms with van der Waals surface area (Å²) in [5.74, 6) is 0. The minimum atomic E-state index is -3.39. The van der Waals surface area contributed by atoms with E-state index in [0.717, 1.165) is 77.8 Å². The average molecular weight is 433 g/mol. The van der Waals surface area contributed by atoms with Crippen molar-refractivity contribution < 1.29 is 36.7 Å². The van der Waals surface area contributed by atoms with Gasteiger partial charge in [-0.05, 0) is 51.4 Å². The molecule has 0 N–H and O–H groups in total. The zero-order valence-corrected chi connectivity index (χ0v) is 18.4. The van der Waals surface area contributed by atoms with Crippen LogP contribution in [0.25, 0.3) is 0 Å². The summed E-state index contributed by atoms with van der Waals surface area (Å²) < 4.78 is 48.0. The van der Waals surface area contributed by atoms with Gasteiger partial charge in [-0.1, -0.05) is 0 Å². The first-order chi connectivity index (χ1) is 14.3. The van der Waals surface area contributed by atoms with E-state index in [1.54, 1.807) is 0 Å². The van der Waals surface area contributed by atoms with Crippen molar-refractivity contribution in [1.82, 2.24) is 0 Å². The Balaban J connectivity index is 1.38. The maximum absolute atomic E-state index is 6.27. The summed E-state index contributed by atoms with van der Waals surface area (Å²) in [6, 6.07) is 0. The highest BCUT2D eigenvalue weighted by atomic mass is 28.4. The molecular weight excluding hydrogens is 396 g/mol. The van der Waals surface area contributed by atoms with Crippen LogP contribution >= 0.6 is 0 Å². The molecule has 4 unspecified atom stereocenters. The van der Waals surface area contributed by atoms with Gasteiger partial charge >= 0.3 is 9.05 Å². The average Bonchev–Trinajstić information content (AvgIpc) is 3.56. The topological polar surface area (TPSA) is 73.8 Å². The van der Waals surface area contributed by atoms with E-state index in [-0.39, 0.29) is 24.4 Å². The molecule has 0 aliphatic carbocycles. The van der Waals surface area contributed by atoms with E-state index < -0.39 is 9.05 Å². The molecule has 0 bridgehead atoms. The van der Waals surface area contributed by atoms with Gasteiger partial charge < -0.3 is 36.7 Å². The maximum Gasteiger partial charge on any atom is 0.680 e. The highest BCUT2D eigenvalue weighted by Gasteiger charge is 2.49. The van der Waals surface area contributed by atoms with Crippen LogP contribution in [-0.4, -0.2) is 86.3 Å². The van der Waals surface area contributed by atoms with Crippen molar-refractivity contribution >= 4 is 9.05 Å². The molecule has 29 heavy (non-hydrogen) atoms. The molecule has 0 saturated carbocycles. The summed E-state index contributed by atoms with van der Waals surface area (Å²) in [5, 5.41) is 0. The fraction of sp³-hybridized carbons (Fsp3) is 1.00. The van der Waals surface area contributed by atoms with Crippen molar-refractivity contribution in [2.24, 2.45) is 0 Å². The molecule has 4 saturated heterocycles. The first-order valence-corrected chi connectivity index (χ1v) is 13.0. The summed E-state index contributed by atoms with van der Waals surface area (Å²) in [7, 11) is -3.39. The molecule has 168 valence electrons. The van der Waals surface area contributed by atoms with E-state index in [9.17, 15) is 0 Å². The summed E-state index contributed by atoms with van der Waals surface area (Å²) >= 11 is 0. The Morgan fingerprint density at radius 1 is 0.483 bits per heavy atom. The van der Waals surface area contributed by atoms with Gasteiger partial charge in [0, 0.05) is 26.4 Å². The number of rotatable bonds is 12. The minimum Gasteiger partial charge on any atom is -0.376 e. The lowest BCUT2D eigenvalue weighted by Gasteiger charge is -2.31.